The molecule has 0 amide bonds. The highest BCUT2D eigenvalue weighted by molar-refractivity contribution is 7.07. The van der Waals surface area contributed by atoms with Gasteiger partial charge in [0, 0.05) is 16.5 Å². The number of hydrogen-bond acceptors (Lipinski definition) is 6. The van der Waals surface area contributed by atoms with Crippen molar-refractivity contribution in [2.24, 2.45) is 10.1 Å². The quantitative estimate of drug-likeness (QED) is 0.270. The van der Waals surface area contributed by atoms with E-state index < -0.39 is 0 Å². The van der Waals surface area contributed by atoms with Gasteiger partial charge in [0.05, 0.1) is 32.7 Å². The molecule has 0 unspecified atom stereocenters. The summed E-state index contributed by atoms with van der Waals surface area (Å²) in [5.74, 6) is 0.569. The minimum absolute atomic E-state index is 0.0498. The lowest BCUT2D eigenvalue weighted by Crippen LogP contribution is -2.12. The summed E-state index contributed by atoms with van der Waals surface area (Å²) in [5.41, 5.74) is 4.97. The van der Waals surface area contributed by atoms with Gasteiger partial charge in [0.1, 0.15) is 0 Å². The highest BCUT2D eigenvalue weighted by Gasteiger charge is 2.11. The fraction of sp³-hybridized carbons (Fsp3) is 0.111. The minimum Gasteiger partial charge on any atom is -0.502 e. The number of thiazole rings is 1. The van der Waals surface area contributed by atoms with Crippen LogP contribution in [0.3, 0.4) is 0 Å². The summed E-state index contributed by atoms with van der Waals surface area (Å²) < 4.78 is 12.3. The van der Waals surface area contributed by atoms with Gasteiger partial charge in [-0.1, -0.05) is 60.7 Å². The Kier molecular flexibility index (Phi) is 7.25. The van der Waals surface area contributed by atoms with Crippen molar-refractivity contribution in [1.29, 1.82) is 0 Å². The third-order valence-electron chi connectivity index (χ3n) is 5.15. The number of rotatable bonds is 8. The summed E-state index contributed by atoms with van der Waals surface area (Å²) in [6.07, 6.45) is 3.43. The average molecular weight is 472 g/mol. The molecule has 0 fully saturated rings. The summed E-state index contributed by atoms with van der Waals surface area (Å²) in [6.45, 7) is 4.25. The summed E-state index contributed by atoms with van der Waals surface area (Å²) in [6, 6.07) is 22.0. The van der Waals surface area contributed by atoms with Gasteiger partial charge in [0.15, 0.2) is 11.5 Å². The van der Waals surface area contributed by atoms with Gasteiger partial charge in [-0.25, -0.2) is 4.68 Å². The van der Waals surface area contributed by atoms with Gasteiger partial charge in [-0.3, -0.25) is 4.99 Å². The van der Waals surface area contributed by atoms with Crippen LogP contribution in [0.25, 0.3) is 22.4 Å². The molecule has 0 aliphatic heterocycles. The third-order valence-corrected chi connectivity index (χ3v) is 6.01. The number of nitrogens with zero attached hydrogens (tertiary/aromatic N) is 3. The van der Waals surface area contributed by atoms with Crippen LogP contribution in [0.15, 0.2) is 94.9 Å². The zero-order chi connectivity index (χ0) is 23.9. The van der Waals surface area contributed by atoms with E-state index in [1.54, 1.807) is 29.1 Å². The largest absolute Gasteiger partial charge is 0.502 e. The molecule has 1 heterocycles. The van der Waals surface area contributed by atoms with E-state index in [0.717, 1.165) is 21.6 Å². The van der Waals surface area contributed by atoms with Crippen LogP contribution in [0, 0.1) is 0 Å². The maximum atomic E-state index is 10.2. The molecule has 4 rings (SSSR count). The summed E-state index contributed by atoms with van der Waals surface area (Å²) in [7, 11) is 2.99. The highest BCUT2D eigenvalue weighted by Crippen LogP contribution is 2.36. The smallest absolute Gasteiger partial charge is 0.206 e. The summed E-state index contributed by atoms with van der Waals surface area (Å²) >= 11 is 1.51. The summed E-state index contributed by atoms with van der Waals surface area (Å²) in [5, 5.41) is 16.9. The van der Waals surface area contributed by atoms with Crippen molar-refractivity contribution in [3.8, 4) is 39.6 Å². The molecule has 34 heavy (non-hydrogen) atoms. The van der Waals surface area contributed by atoms with Crippen LogP contribution >= 0.6 is 11.3 Å². The summed E-state index contributed by atoms with van der Waals surface area (Å²) in [4.78, 5) is 5.34. The van der Waals surface area contributed by atoms with Crippen molar-refractivity contribution < 1.29 is 14.6 Å². The highest BCUT2D eigenvalue weighted by atomic mass is 32.1. The Labute approximate surface area is 202 Å². The maximum absolute atomic E-state index is 10.2. The normalized spacial score (nSPS) is 11.6. The molecule has 0 radical (unpaired) electrons. The molecule has 0 aliphatic rings. The van der Waals surface area contributed by atoms with Crippen molar-refractivity contribution in [3.63, 3.8) is 0 Å². The van der Waals surface area contributed by atoms with Gasteiger partial charge in [-0.15, -0.1) is 17.9 Å². The molecule has 0 saturated carbocycles. The third kappa shape index (κ3) is 4.94. The monoisotopic (exact) mass is 471 g/mol. The number of aromatic hydroxyl groups is 1. The lowest BCUT2D eigenvalue weighted by Gasteiger charge is -2.09. The first-order valence-corrected chi connectivity index (χ1v) is 11.5. The second-order valence-electron chi connectivity index (χ2n) is 7.31. The van der Waals surface area contributed by atoms with Gasteiger partial charge in [-0.05, 0) is 23.3 Å². The van der Waals surface area contributed by atoms with Crippen LogP contribution in [0.5, 0.6) is 17.2 Å². The van der Waals surface area contributed by atoms with Crippen LogP contribution < -0.4 is 14.3 Å². The van der Waals surface area contributed by atoms with Crippen molar-refractivity contribution in [3.05, 3.63) is 95.1 Å². The molecule has 0 saturated heterocycles. The van der Waals surface area contributed by atoms with E-state index >= 15 is 0 Å². The average Bonchev–Trinajstić information content (AvgIpc) is 3.30. The molecule has 0 aliphatic carbocycles. The van der Waals surface area contributed by atoms with E-state index in [2.05, 4.69) is 48.0 Å². The van der Waals surface area contributed by atoms with Gasteiger partial charge < -0.3 is 14.6 Å². The fourth-order valence-corrected chi connectivity index (χ4v) is 4.28. The molecule has 1 aromatic heterocycles. The molecule has 1 N–H and O–H groups in total. The Morgan fingerprint density at radius 3 is 2.18 bits per heavy atom. The first-order chi connectivity index (χ1) is 16.6. The molecule has 0 atom stereocenters. The van der Waals surface area contributed by atoms with Crippen molar-refractivity contribution in [2.75, 3.05) is 20.8 Å². The van der Waals surface area contributed by atoms with E-state index in [9.17, 15) is 5.11 Å². The second-order valence-corrected chi connectivity index (χ2v) is 8.14. The molecule has 7 heteroatoms. The molecular weight excluding hydrogens is 446 g/mol. The van der Waals surface area contributed by atoms with E-state index in [4.69, 9.17) is 14.6 Å². The molecule has 4 aromatic rings. The number of hydrogen-bond donors (Lipinski definition) is 1. The van der Waals surface area contributed by atoms with E-state index in [0.29, 0.717) is 23.6 Å². The number of phenols is 1. The molecule has 3 aromatic carbocycles. The zero-order valence-electron chi connectivity index (χ0n) is 19.0. The van der Waals surface area contributed by atoms with Crippen molar-refractivity contribution in [2.45, 2.75) is 0 Å². The van der Waals surface area contributed by atoms with Crippen molar-refractivity contribution >= 4 is 17.6 Å². The van der Waals surface area contributed by atoms with Crippen LogP contribution in [-0.4, -0.2) is 36.8 Å². The number of aromatic nitrogens is 1. The fourth-order valence-electron chi connectivity index (χ4n) is 3.44. The number of ether oxygens (including phenoxy) is 2. The Morgan fingerprint density at radius 1 is 0.941 bits per heavy atom. The molecule has 0 spiro atoms. The Morgan fingerprint density at radius 2 is 1.56 bits per heavy atom. The number of methoxy groups -OCH3 is 2. The van der Waals surface area contributed by atoms with Crippen LogP contribution in [-0.2, 0) is 0 Å². The van der Waals surface area contributed by atoms with Gasteiger partial charge in [-0.2, -0.15) is 5.10 Å². The van der Waals surface area contributed by atoms with E-state index in [1.165, 1.54) is 31.1 Å². The standard InChI is InChI=1S/C27H25N3O3S/c1-4-14-28-27-30(29-17-19-15-24(32-2)26(31)25(16-19)33-3)23(18-34-27)22-12-10-21(11-13-22)20-8-6-5-7-9-20/h4-13,15-18,31H,1,14H2,2-3H3. The first-order valence-electron chi connectivity index (χ1n) is 10.6. The second kappa shape index (κ2) is 10.7. The SMILES string of the molecule is C=CCN=c1scc(-c2ccc(-c3ccccc3)cc2)n1N=Cc1cc(OC)c(O)c(OC)c1. The lowest BCUT2D eigenvalue weighted by molar-refractivity contribution is 0.340. The topological polar surface area (TPSA) is 68.3 Å². The Bertz CT molecular complexity index is 1350. The minimum atomic E-state index is -0.0498. The number of benzene rings is 3. The molecule has 0 bridgehead atoms. The van der Waals surface area contributed by atoms with Gasteiger partial charge in [0.25, 0.3) is 0 Å². The predicted molar refractivity (Wildman–Crippen MR) is 138 cm³/mol. The maximum Gasteiger partial charge on any atom is 0.206 e. The van der Waals surface area contributed by atoms with Crippen LogP contribution in [0.2, 0.25) is 0 Å². The van der Waals surface area contributed by atoms with E-state index in [1.807, 2.05) is 23.6 Å². The molecular formula is C27H25N3O3S. The van der Waals surface area contributed by atoms with Gasteiger partial charge >= 0.3 is 0 Å². The van der Waals surface area contributed by atoms with Gasteiger partial charge in [0.2, 0.25) is 10.6 Å². The van der Waals surface area contributed by atoms with Crippen molar-refractivity contribution in [1.82, 2.24) is 4.68 Å². The van der Waals surface area contributed by atoms with Crippen LogP contribution in [0.4, 0.5) is 0 Å². The Balaban J connectivity index is 1.74. The predicted octanol–water partition coefficient (Wildman–Crippen LogP) is 5.58. The number of phenolic OH excluding ortho intramolecular Hbond substituents is 1. The molecule has 172 valence electrons. The lowest BCUT2D eigenvalue weighted by atomic mass is 10.0. The van der Waals surface area contributed by atoms with E-state index in [-0.39, 0.29) is 5.75 Å². The van der Waals surface area contributed by atoms with Crippen LogP contribution in [0.1, 0.15) is 5.56 Å². The first kappa shape index (κ1) is 23.1. The zero-order valence-corrected chi connectivity index (χ0v) is 19.8. The molecule has 6 nitrogen and oxygen atoms in total. The Hall–Kier alpha value is -4.10.